The Morgan fingerprint density at radius 2 is 1.92 bits per heavy atom. The number of nitrogens with one attached hydrogen (secondary N) is 2. The molecule has 6 heteroatoms. The molecular formula is C20H23FN4O. The fraction of sp³-hybridized carbons (Fsp3) is 0.250. The maximum absolute atomic E-state index is 13.7. The van der Waals surface area contributed by atoms with Crippen molar-refractivity contribution in [1.29, 1.82) is 0 Å². The highest BCUT2D eigenvalue weighted by molar-refractivity contribution is 5.63. The van der Waals surface area contributed by atoms with Crippen LogP contribution in [-0.2, 0) is 6.54 Å². The molecule has 3 aromatic rings. The van der Waals surface area contributed by atoms with E-state index in [9.17, 15) is 4.39 Å². The first-order valence-electron chi connectivity index (χ1n) is 8.56. The summed E-state index contributed by atoms with van der Waals surface area (Å²) >= 11 is 0. The fourth-order valence-electron chi connectivity index (χ4n) is 2.69. The highest BCUT2D eigenvalue weighted by atomic mass is 19.1. The number of hydrogen-bond donors (Lipinski definition) is 2. The van der Waals surface area contributed by atoms with E-state index in [1.807, 2.05) is 37.5 Å². The third-order valence-electron chi connectivity index (χ3n) is 4.10. The first kappa shape index (κ1) is 18.1. The number of ether oxygens (including phenoxy) is 1. The minimum atomic E-state index is -0.379. The van der Waals surface area contributed by atoms with E-state index in [2.05, 4.69) is 27.5 Å². The smallest absolute Gasteiger partial charge is 0.165 e. The Bertz CT molecular complexity index is 832. The summed E-state index contributed by atoms with van der Waals surface area (Å²) in [6.07, 6.45) is 1.93. The van der Waals surface area contributed by atoms with Crippen LogP contribution in [0.1, 0.15) is 5.56 Å². The highest BCUT2D eigenvalue weighted by Gasteiger charge is 2.11. The van der Waals surface area contributed by atoms with Crippen LogP contribution in [0, 0.1) is 5.82 Å². The standard InChI is InChI=1S/C20H23FN4O/c1-22-11-12-25(2)14-16-13-23-24-20(16)15-7-9-17(10-8-15)26-19-6-4-3-5-18(19)21/h3-10,13,22H,11-12,14H2,1-2H3,(H,23,24). The van der Waals surface area contributed by atoms with Gasteiger partial charge in [-0.15, -0.1) is 0 Å². The van der Waals surface area contributed by atoms with Crippen molar-refractivity contribution in [2.75, 3.05) is 27.2 Å². The minimum absolute atomic E-state index is 0.215. The van der Waals surface area contributed by atoms with E-state index >= 15 is 0 Å². The molecule has 3 rings (SSSR count). The molecule has 2 aromatic carbocycles. The molecule has 1 aromatic heterocycles. The lowest BCUT2D eigenvalue weighted by molar-refractivity contribution is 0.328. The summed E-state index contributed by atoms with van der Waals surface area (Å²) in [4.78, 5) is 2.24. The molecule has 0 aliphatic heterocycles. The summed E-state index contributed by atoms with van der Waals surface area (Å²) in [6, 6.07) is 13.9. The predicted molar refractivity (Wildman–Crippen MR) is 101 cm³/mol. The van der Waals surface area contributed by atoms with Gasteiger partial charge in [0, 0.05) is 37.0 Å². The van der Waals surface area contributed by atoms with Gasteiger partial charge in [0.2, 0.25) is 0 Å². The molecule has 0 saturated heterocycles. The molecule has 0 aliphatic carbocycles. The zero-order valence-corrected chi connectivity index (χ0v) is 15.0. The number of aromatic nitrogens is 2. The molecule has 0 fully saturated rings. The molecule has 0 spiro atoms. The van der Waals surface area contributed by atoms with E-state index in [0.29, 0.717) is 5.75 Å². The van der Waals surface area contributed by atoms with Crippen molar-refractivity contribution >= 4 is 0 Å². The van der Waals surface area contributed by atoms with Crippen LogP contribution in [-0.4, -0.2) is 42.3 Å². The van der Waals surface area contributed by atoms with E-state index in [1.165, 1.54) is 6.07 Å². The quantitative estimate of drug-likeness (QED) is 0.648. The van der Waals surface area contributed by atoms with Crippen LogP contribution in [0.4, 0.5) is 4.39 Å². The third-order valence-corrected chi connectivity index (χ3v) is 4.10. The Morgan fingerprint density at radius 1 is 1.15 bits per heavy atom. The Balaban J connectivity index is 1.71. The van der Waals surface area contributed by atoms with Crippen molar-refractivity contribution in [2.45, 2.75) is 6.54 Å². The van der Waals surface area contributed by atoms with Gasteiger partial charge in [-0.2, -0.15) is 5.10 Å². The number of benzene rings is 2. The van der Waals surface area contributed by atoms with Gasteiger partial charge in [0.1, 0.15) is 5.75 Å². The molecule has 0 saturated carbocycles. The molecule has 136 valence electrons. The van der Waals surface area contributed by atoms with E-state index in [1.54, 1.807) is 18.2 Å². The van der Waals surface area contributed by atoms with Crippen LogP contribution in [0.2, 0.25) is 0 Å². The van der Waals surface area contributed by atoms with Crippen LogP contribution < -0.4 is 10.1 Å². The SMILES string of the molecule is CNCCN(C)Cc1c[nH]nc1-c1ccc(Oc2ccccc2F)cc1. The van der Waals surface area contributed by atoms with Gasteiger partial charge in [-0.1, -0.05) is 12.1 Å². The van der Waals surface area contributed by atoms with Crippen molar-refractivity contribution in [1.82, 2.24) is 20.4 Å². The Morgan fingerprint density at radius 3 is 2.65 bits per heavy atom. The number of para-hydroxylation sites is 1. The van der Waals surface area contributed by atoms with Crippen molar-refractivity contribution in [2.24, 2.45) is 0 Å². The average molecular weight is 354 g/mol. The number of rotatable bonds is 8. The lowest BCUT2D eigenvalue weighted by Crippen LogP contribution is -2.26. The van der Waals surface area contributed by atoms with Gasteiger partial charge in [-0.3, -0.25) is 5.10 Å². The maximum Gasteiger partial charge on any atom is 0.165 e. The fourth-order valence-corrected chi connectivity index (χ4v) is 2.69. The molecule has 2 N–H and O–H groups in total. The summed E-state index contributed by atoms with van der Waals surface area (Å²) in [6.45, 7) is 2.70. The van der Waals surface area contributed by atoms with Crippen molar-refractivity contribution in [3.8, 4) is 22.8 Å². The van der Waals surface area contributed by atoms with Gasteiger partial charge in [0.25, 0.3) is 0 Å². The van der Waals surface area contributed by atoms with Crippen molar-refractivity contribution < 1.29 is 9.13 Å². The molecule has 1 heterocycles. The summed E-state index contributed by atoms with van der Waals surface area (Å²) in [5.41, 5.74) is 3.04. The predicted octanol–water partition coefficient (Wildman–Crippen LogP) is 3.66. The van der Waals surface area contributed by atoms with Crippen LogP contribution in [0.3, 0.4) is 0 Å². The maximum atomic E-state index is 13.7. The van der Waals surface area contributed by atoms with E-state index < -0.39 is 0 Å². The van der Waals surface area contributed by atoms with Crippen LogP contribution in [0.25, 0.3) is 11.3 Å². The summed E-state index contributed by atoms with van der Waals surface area (Å²) in [5.74, 6) is 0.421. The number of H-pyrrole nitrogens is 1. The Labute approximate surface area is 152 Å². The topological polar surface area (TPSA) is 53.2 Å². The van der Waals surface area contributed by atoms with Crippen LogP contribution in [0.15, 0.2) is 54.7 Å². The van der Waals surface area contributed by atoms with Gasteiger partial charge >= 0.3 is 0 Å². The second-order valence-corrected chi connectivity index (χ2v) is 6.16. The number of likely N-dealkylation sites (N-methyl/N-ethyl adjacent to an activating group) is 2. The number of halogens is 1. The Hall–Kier alpha value is -2.70. The zero-order valence-electron chi connectivity index (χ0n) is 15.0. The first-order valence-corrected chi connectivity index (χ1v) is 8.56. The highest BCUT2D eigenvalue weighted by Crippen LogP contribution is 2.28. The second-order valence-electron chi connectivity index (χ2n) is 6.16. The molecule has 0 amide bonds. The second kappa shape index (κ2) is 8.60. The van der Waals surface area contributed by atoms with E-state index in [0.717, 1.165) is 36.5 Å². The first-order chi connectivity index (χ1) is 12.7. The zero-order chi connectivity index (χ0) is 18.4. The summed E-state index contributed by atoms with van der Waals surface area (Å²) < 4.78 is 19.3. The number of nitrogens with zero attached hydrogens (tertiary/aromatic N) is 2. The molecule has 0 atom stereocenters. The molecule has 0 unspecified atom stereocenters. The van der Waals surface area contributed by atoms with Crippen molar-refractivity contribution in [3.63, 3.8) is 0 Å². The van der Waals surface area contributed by atoms with Crippen molar-refractivity contribution in [3.05, 3.63) is 66.1 Å². The molecule has 0 bridgehead atoms. The Kier molecular flexibility index (Phi) is 5.99. The van der Waals surface area contributed by atoms with Gasteiger partial charge in [-0.05, 0) is 50.5 Å². The van der Waals surface area contributed by atoms with Gasteiger partial charge in [0.15, 0.2) is 11.6 Å². The minimum Gasteiger partial charge on any atom is -0.454 e. The summed E-state index contributed by atoms with van der Waals surface area (Å²) in [5, 5.41) is 10.5. The van der Waals surface area contributed by atoms with E-state index in [-0.39, 0.29) is 11.6 Å². The number of hydrogen-bond acceptors (Lipinski definition) is 4. The monoisotopic (exact) mass is 354 g/mol. The number of aromatic amines is 1. The average Bonchev–Trinajstić information content (AvgIpc) is 3.10. The molecule has 5 nitrogen and oxygen atoms in total. The van der Waals surface area contributed by atoms with Gasteiger partial charge in [-0.25, -0.2) is 4.39 Å². The molecule has 0 aliphatic rings. The van der Waals surface area contributed by atoms with E-state index in [4.69, 9.17) is 4.74 Å². The molecular weight excluding hydrogens is 331 g/mol. The molecule has 26 heavy (non-hydrogen) atoms. The lowest BCUT2D eigenvalue weighted by atomic mass is 10.1. The van der Waals surface area contributed by atoms with Gasteiger partial charge in [0.05, 0.1) is 5.69 Å². The van der Waals surface area contributed by atoms with Gasteiger partial charge < -0.3 is 15.0 Å². The van der Waals surface area contributed by atoms with Crippen LogP contribution in [0.5, 0.6) is 11.5 Å². The summed E-state index contributed by atoms with van der Waals surface area (Å²) in [7, 11) is 4.03. The lowest BCUT2D eigenvalue weighted by Gasteiger charge is -2.16. The largest absolute Gasteiger partial charge is 0.454 e. The van der Waals surface area contributed by atoms with Crippen LogP contribution >= 0.6 is 0 Å². The normalized spacial score (nSPS) is 11.1. The molecule has 0 radical (unpaired) electrons. The third kappa shape index (κ3) is 4.47.